The van der Waals surface area contributed by atoms with E-state index in [0.717, 1.165) is 32.5 Å². The number of likely N-dealkylation sites (N-methyl/N-ethyl adjacent to an activating group) is 1. The van der Waals surface area contributed by atoms with Gasteiger partial charge in [0.05, 0.1) is 13.2 Å². The van der Waals surface area contributed by atoms with Crippen LogP contribution in [0, 0.1) is 0 Å². The van der Waals surface area contributed by atoms with Crippen molar-refractivity contribution < 1.29 is 14.3 Å². The van der Waals surface area contributed by atoms with Crippen LogP contribution < -0.4 is 5.32 Å². The minimum absolute atomic E-state index is 0.159. The largest absolute Gasteiger partial charge is 0.465 e. The molecule has 0 heterocycles. The Labute approximate surface area is 130 Å². The van der Waals surface area contributed by atoms with Gasteiger partial charge in [0.2, 0.25) is 0 Å². The van der Waals surface area contributed by atoms with E-state index in [1.54, 1.807) is 7.11 Å². The molecule has 0 amide bonds. The second kappa shape index (κ2) is 11.0. The molecular weight excluding hydrogens is 268 g/mol. The lowest BCUT2D eigenvalue weighted by molar-refractivity contribution is -0.151. The van der Waals surface area contributed by atoms with Crippen molar-refractivity contribution in [3.05, 3.63) is 0 Å². The van der Waals surface area contributed by atoms with Crippen LogP contribution in [0.2, 0.25) is 0 Å². The van der Waals surface area contributed by atoms with Gasteiger partial charge in [0.15, 0.2) is 0 Å². The van der Waals surface area contributed by atoms with Crippen molar-refractivity contribution in [2.75, 3.05) is 40.0 Å². The topological polar surface area (TPSA) is 50.8 Å². The highest BCUT2D eigenvalue weighted by atomic mass is 16.5. The van der Waals surface area contributed by atoms with E-state index in [4.69, 9.17) is 9.47 Å². The molecule has 0 fully saturated rings. The Balaban J connectivity index is 4.79. The Kier molecular flexibility index (Phi) is 10.6. The summed E-state index contributed by atoms with van der Waals surface area (Å²) in [5.74, 6) is -0.159. The van der Waals surface area contributed by atoms with E-state index in [0.29, 0.717) is 13.2 Å². The van der Waals surface area contributed by atoms with E-state index < -0.39 is 5.54 Å². The fourth-order valence-electron chi connectivity index (χ4n) is 2.54. The standard InChI is InChI=1S/C16H34N2O3/c1-7-10-17-16(5,15(19)21-9-3)13-14(4)18(8-2)11-12-20-6/h14,17H,7-13H2,1-6H3. The molecule has 0 spiro atoms. The fraction of sp³-hybridized carbons (Fsp3) is 0.938. The minimum Gasteiger partial charge on any atom is -0.465 e. The number of carbonyl (C=O) groups is 1. The third kappa shape index (κ3) is 7.25. The fourth-order valence-corrected chi connectivity index (χ4v) is 2.54. The number of rotatable bonds is 12. The van der Waals surface area contributed by atoms with Crippen molar-refractivity contribution >= 4 is 5.97 Å². The Morgan fingerprint density at radius 1 is 1.33 bits per heavy atom. The number of hydrogen-bond donors (Lipinski definition) is 1. The molecule has 0 aliphatic carbocycles. The maximum Gasteiger partial charge on any atom is 0.326 e. The van der Waals surface area contributed by atoms with Crippen molar-refractivity contribution in [3.63, 3.8) is 0 Å². The summed E-state index contributed by atoms with van der Waals surface area (Å²) in [6.07, 6.45) is 1.72. The van der Waals surface area contributed by atoms with Gasteiger partial charge in [-0.15, -0.1) is 0 Å². The first-order chi connectivity index (χ1) is 9.95. The van der Waals surface area contributed by atoms with Crippen molar-refractivity contribution in [2.24, 2.45) is 0 Å². The van der Waals surface area contributed by atoms with Gasteiger partial charge in [-0.2, -0.15) is 0 Å². The molecule has 0 aromatic carbocycles. The van der Waals surface area contributed by atoms with Crippen LogP contribution >= 0.6 is 0 Å². The van der Waals surface area contributed by atoms with E-state index >= 15 is 0 Å². The van der Waals surface area contributed by atoms with Crippen molar-refractivity contribution in [2.45, 2.75) is 59.0 Å². The van der Waals surface area contributed by atoms with Crippen LogP contribution in [0.3, 0.4) is 0 Å². The summed E-state index contributed by atoms with van der Waals surface area (Å²) in [4.78, 5) is 14.6. The predicted molar refractivity (Wildman–Crippen MR) is 86.5 cm³/mol. The van der Waals surface area contributed by atoms with Gasteiger partial charge in [-0.05, 0) is 46.7 Å². The van der Waals surface area contributed by atoms with Crippen LogP contribution in [0.15, 0.2) is 0 Å². The van der Waals surface area contributed by atoms with Gasteiger partial charge in [-0.25, -0.2) is 0 Å². The highest BCUT2D eigenvalue weighted by molar-refractivity contribution is 5.80. The van der Waals surface area contributed by atoms with E-state index in [1.807, 2.05) is 13.8 Å². The first-order valence-electron chi connectivity index (χ1n) is 8.10. The average Bonchev–Trinajstić information content (AvgIpc) is 2.46. The molecule has 2 atom stereocenters. The number of methoxy groups -OCH3 is 1. The third-order valence-electron chi connectivity index (χ3n) is 3.81. The molecule has 0 saturated carbocycles. The molecule has 0 rings (SSSR count). The average molecular weight is 302 g/mol. The van der Waals surface area contributed by atoms with E-state index in [9.17, 15) is 4.79 Å². The summed E-state index contributed by atoms with van der Waals surface area (Å²) in [6.45, 7) is 13.9. The smallest absolute Gasteiger partial charge is 0.326 e. The number of nitrogens with zero attached hydrogens (tertiary/aromatic N) is 1. The van der Waals surface area contributed by atoms with Gasteiger partial charge in [-0.3, -0.25) is 9.69 Å². The van der Waals surface area contributed by atoms with Crippen LogP contribution in [-0.2, 0) is 14.3 Å². The van der Waals surface area contributed by atoms with E-state index in [-0.39, 0.29) is 12.0 Å². The summed E-state index contributed by atoms with van der Waals surface area (Å²) in [5, 5.41) is 3.36. The zero-order valence-electron chi connectivity index (χ0n) is 14.7. The molecule has 0 bridgehead atoms. The molecule has 2 unspecified atom stereocenters. The Hall–Kier alpha value is -0.650. The molecule has 21 heavy (non-hydrogen) atoms. The van der Waals surface area contributed by atoms with E-state index in [1.165, 1.54) is 0 Å². The predicted octanol–water partition coefficient (Wildman–Crippen LogP) is 2.05. The van der Waals surface area contributed by atoms with Gasteiger partial charge < -0.3 is 14.8 Å². The number of nitrogens with one attached hydrogen (secondary N) is 1. The minimum atomic E-state index is -0.633. The molecule has 0 aromatic heterocycles. The van der Waals surface area contributed by atoms with Crippen LogP contribution in [-0.4, -0.2) is 62.4 Å². The highest BCUT2D eigenvalue weighted by Crippen LogP contribution is 2.18. The van der Waals surface area contributed by atoms with Gasteiger partial charge in [0.25, 0.3) is 0 Å². The van der Waals surface area contributed by atoms with Crippen LogP contribution in [0.25, 0.3) is 0 Å². The zero-order valence-corrected chi connectivity index (χ0v) is 14.7. The van der Waals surface area contributed by atoms with E-state index in [2.05, 4.69) is 31.0 Å². The number of ether oxygens (including phenoxy) is 2. The molecule has 0 aliphatic heterocycles. The Morgan fingerprint density at radius 2 is 2.00 bits per heavy atom. The SMILES string of the molecule is CCCNC(C)(CC(C)N(CC)CCOC)C(=O)OCC. The van der Waals surface area contributed by atoms with Crippen LogP contribution in [0.4, 0.5) is 0 Å². The molecule has 126 valence electrons. The van der Waals surface area contributed by atoms with Gasteiger partial charge >= 0.3 is 5.97 Å². The lowest BCUT2D eigenvalue weighted by Crippen LogP contribution is -2.54. The van der Waals surface area contributed by atoms with Gasteiger partial charge in [0.1, 0.15) is 5.54 Å². The second-order valence-corrected chi connectivity index (χ2v) is 5.65. The molecular formula is C16H34N2O3. The third-order valence-corrected chi connectivity index (χ3v) is 3.81. The highest BCUT2D eigenvalue weighted by Gasteiger charge is 2.36. The number of hydrogen-bond acceptors (Lipinski definition) is 5. The molecule has 0 aromatic rings. The van der Waals surface area contributed by atoms with Crippen LogP contribution in [0.1, 0.15) is 47.5 Å². The number of carbonyl (C=O) groups excluding carboxylic acids is 1. The summed E-state index contributed by atoms with van der Waals surface area (Å²) < 4.78 is 10.4. The molecule has 0 saturated heterocycles. The summed E-state index contributed by atoms with van der Waals surface area (Å²) in [7, 11) is 1.71. The normalized spacial score (nSPS) is 15.8. The molecule has 0 aliphatic rings. The summed E-state index contributed by atoms with van der Waals surface area (Å²) in [6, 6.07) is 0.281. The Morgan fingerprint density at radius 3 is 2.48 bits per heavy atom. The second-order valence-electron chi connectivity index (χ2n) is 5.65. The first kappa shape index (κ1) is 20.3. The number of esters is 1. The zero-order chi connectivity index (χ0) is 16.3. The first-order valence-corrected chi connectivity index (χ1v) is 8.10. The molecule has 1 N–H and O–H groups in total. The lowest BCUT2D eigenvalue weighted by Gasteiger charge is -2.35. The molecule has 5 heteroatoms. The summed E-state index contributed by atoms with van der Waals surface area (Å²) in [5.41, 5.74) is -0.633. The summed E-state index contributed by atoms with van der Waals surface area (Å²) >= 11 is 0. The van der Waals surface area contributed by atoms with Crippen molar-refractivity contribution in [1.29, 1.82) is 0 Å². The molecule has 5 nitrogen and oxygen atoms in total. The van der Waals surface area contributed by atoms with Crippen LogP contribution in [0.5, 0.6) is 0 Å². The van der Waals surface area contributed by atoms with Crippen molar-refractivity contribution in [3.8, 4) is 0 Å². The maximum atomic E-state index is 12.3. The van der Waals surface area contributed by atoms with Gasteiger partial charge in [0, 0.05) is 19.7 Å². The monoisotopic (exact) mass is 302 g/mol. The van der Waals surface area contributed by atoms with Gasteiger partial charge in [-0.1, -0.05) is 13.8 Å². The quantitative estimate of drug-likeness (QED) is 0.559. The maximum absolute atomic E-state index is 12.3. The lowest BCUT2D eigenvalue weighted by atomic mass is 9.92. The Bertz CT molecular complexity index is 287. The molecule has 0 radical (unpaired) electrons. The van der Waals surface area contributed by atoms with Crippen molar-refractivity contribution in [1.82, 2.24) is 10.2 Å².